The van der Waals surface area contributed by atoms with Gasteiger partial charge in [0.2, 0.25) is 0 Å². The minimum atomic E-state index is 0.250. The van der Waals surface area contributed by atoms with Crippen molar-refractivity contribution in [2.24, 2.45) is 5.84 Å². The van der Waals surface area contributed by atoms with Crippen molar-refractivity contribution in [3.8, 4) is 0 Å². The van der Waals surface area contributed by atoms with Gasteiger partial charge in [0.05, 0.1) is 6.04 Å². The van der Waals surface area contributed by atoms with E-state index < -0.39 is 0 Å². The van der Waals surface area contributed by atoms with Gasteiger partial charge in [-0.25, -0.2) is 0 Å². The zero-order valence-electron chi connectivity index (χ0n) is 11.1. The molecule has 0 saturated carbocycles. The van der Waals surface area contributed by atoms with Crippen LogP contribution in [-0.4, -0.2) is 11.0 Å². The number of hydrogen-bond acceptors (Lipinski definition) is 3. The highest BCUT2D eigenvalue weighted by molar-refractivity contribution is 7.99. The van der Waals surface area contributed by atoms with Crippen molar-refractivity contribution in [3.05, 3.63) is 35.4 Å². The van der Waals surface area contributed by atoms with Crippen LogP contribution >= 0.6 is 11.8 Å². The third-order valence-electron chi connectivity index (χ3n) is 3.09. The number of nitrogens with one attached hydrogen (secondary N) is 1. The molecule has 3 N–H and O–H groups in total. The van der Waals surface area contributed by atoms with Crippen molar-refractivity contribution in [2.75, 3.05) is 5.75 Å². The summed E-state index contributed by atoms with van der Waals surface area (Å²) in [6, 6.07) is 8.94. The van der Waals surface area contributed by atoms with E-state index in [9.17, 15) is 0 Å². The molecule has 1 aromatic carbocycles. The average molecular weight is 252 g/mol. The Hall–Kier alpha value is -0.510. The van der Waals surface area contributed by atoms with Gasteiger partial charge in [-0.2, -0.15) is 11.8 Å². The van der Waals surface area contributed by atoms with Gasteiger partial charge in [-0.15, -0.1) is 0 Å². The first kappa shape index (κ1) is 14.6. The van der Waals surface area contributed by atoms with Crippen LogP contribution in [0.4, 0.5) is 0 Å². The third kappa shape index (κ3) is 4.70. The average Bonchev–Trinajstić information content (AvgIpc) is 2.39. The Morgan fingerprint density at radius 3 is 2.71 bits per heavy atom. The maximum absolute atomic E-state index is 5.66. The molecule has 0 fully saturated rings. The molecule has 0 amide bonds. The first-order valence-electron chi connectivity index (χ1n) is 6.37. The Kier molecular flexibility index (Phi) is 6.63. The molecule has 0 bridgehead atoms. The fourth-order valence-corrected chi connectivity index (χ4v) is 2.69. The van der Waals surface area contributed by atoms with E-state index in [1.165, 1.54) is 17.5 Å². The van der Waals surface area contributed by atoms with E-state index in [-0.39, 0.29) is 6.04 Å². The number of hydrazine groups is 1. The fourth-order valence-electron chi connectivity index (χ4n) is 1.65. The lowest BCUT2D eigenvalue weighted by atomic mass is 10.0. The van der Waals surface area contributed by atoms with Gasteiger partial charge in [-0.1, -0.05) is 45.0 Å². The van der Waals surface area contributed by atoms with Gasteiger partial charge >= 0.3 is 0 Å². The van der Waals surface area contributed by atoms with Gasteiger partial charge < -0.3 is 0 Å². The van der Waals surface area contributed by atoms with Crippen molar-refractivity contribution < 1.29 is 0 Å². The lowest BCUT2D eigenvalue weighted by Crippen LogP contribution is -2.30. The molecule has 0 radical (unpaired) electrons. The zero-order chi connectivity index (χ0) is 12.7. The predicted octanol–water partition coefficient (Wildman–Crippen LogP) is 3.29. The summed E-state index contributed by atoms with van der Waals surface area (Å²) in [7, 11) is 0. The summed E-state index contributed by atoms with van der Waals surface area (Å²) in [6.45, 7) is 6.67. The van der Waals surface area contributed by atoms with Gasteiger partial charge in [-0.05, 0) is 24.0 Å². The van der Waals surface area contributed by atoms with Crippen molar-refractivity contribution >= 4 is 11.8 Å². The summed E-state index contributed by atoms with van der Waals surface area (Å²) >= 11 is 1.97. The van der Waals surface area contributed by atoms with E-state index in [2.05, 4.69) is 50.5 Å². The smallest absolute Gasteiger partial charge is 0.0550 e. The van der Waals surface area contributed by atoms with Crippen molar-refractivity contribution in [1.82, 2.24) is 5.43 Å². The minimum absolute atomic E-state index is 0.250. The van der Waals surface area contributed by atoms with Crippen LogP contribution in [0.15, 0.2) is 24.3 Å². The van der Waals surface area contributed by atoms with Gasteiger partial charge in [0.15, 0.2) is 0 Å². The van der Waals surface area contributed by atoms with E-state index >= 15 is 0 Å². The molecule has 2 unspecified atom stereocenters. The Morgan fingerprint density at radius 2 is 2.12 bits per heavy atom. The summed E-state index contributed by atoms with van der Waals surface area (Å²) in [5.41, 5.74) is 5.59. The molecule has 0 aliphatic rings. The molecule has 96 valence electrons. The highest BCUT2D eigenvalue weighted by Gasteiger charge is 2.11. The summed E-state index contributed by atoms with van der Waals surface area (Å²) in [4.78, 5) is 0. The molecule has 0 aliphatic heterocycles. The number of aryl methyl sites for hydroxylation is 1. The molecule has 1 rings (SSSR count). The number of benzene rings is 1. The minimum Gasteiger partial charge on any atom is -0.271 e. The fraction of sp³-hybridized carbons (Fsp3) is 0.571. The number of thioether (sulfide) groups is 1. The van der Waals surface area contributed by atoms with Gasteiger partial charge in [-0.3, -0.25) is 11.3 Å². The van der Waals surface area contributed by atoms with E-state index in [0.29, 0.717) is 5.25 Å². The lowest BCUT2D eigenvalue weighted by Gasteiger charge is -2.18. The van der Waals surface area contributed by atoms with Crippen LogP contribution in [0.1, 0.15) is 44.4 Å². The molecule has 3 heteroatoms. The van der Waals surface area contributed by atoms with Crippen LogP contribution in [0.25, 0.3) is 0 Å². The number of rotatable bonds is 7. The molecule has 0 saturated heterocycles. The molecule has 1 aromatic rings. The first-order valence-corrected chi connectivity index (χ1v) is 7.42. The summed E-state index contributed by atoms with van der Waals surface area (Å²) in [5.74, 6) is 6.69. The Morgan fingerprint density at radius 1 is 1.35 bits per heavy atom. The molecule has 2 atom stereocenters. The van der Waals surface area contributed by atoms with E-state index in [0.717, 1.165) is 12.2 Å². The second kappa shape index (κ2) is 7.75. The number of nitrogens with two attached hydrogens (primary N) is 1. The van der Waals surface area contributed by atoms with Crippen LogP contribution in [0.5, 0.6) is 0 Å². The lowest BCUT2D eigenvalue weighted by molar-refractivity contribution is 0.609. The summed E-state index contributed by atoms with van der Waals surface area (Å²) < 4.78 is 0. The van der Waals surface area contributed by atoms with Crippen LogP contribution in [-0.2, 0) is 6.42 Å². The van der Waals surface area contributed by atoms with Crippen LogP contribution in [0.3, 0.4) is 0 Å². The summed E-state index contributed by atoms with van der Waals surface area (Å²) in [6.07, 6.45) is 2.28. The van der Waals surface area contributed by atoms with Crippen LogP contribution < -0.4 is 11.3 Å². The normalized spacial score (nSPS) is 14.6. The largest absolute Gasteiger partial charge is 0.271 e. The molecular formula is C14H24N2S. The van der Waals surface area contributed by atoms with E-state index in [1.807, 2.05) is 11.8 Å². The van der Waals surface area contributed by atoms with E-state index in [1.54, 1.807) is 0 Å². The standard InChI is InChI=1S/C14H24N2S/c1-4-11(3)17-10-14(16-15)13-8-6-7-12(5-2)9-13/h6-9,11,14,16H,4-5,10,15H2,1-3H3. The third-order valence-corrected chi connectivity index (χ3v) is 4.51. The molecule has 0 aromatic heterocycles. The first-order chi connectivity index (χ1) is 8.21. The second-order valence-electron chi connectivity index (χ2n) is 4.37. The Balaban J connectivity index is 2.65. The molecule has 0 spiro atoms. The molecular weight excluding hydrogens is 228 g/mol. The van der Waals surface area contributed by atoms with Crippen LogP contribution in [0.2, 0.25) is 0 Å². The SMILES string of the molecule is CCc1cccc(C(CSC(C)CC)NN)c1. The van der Waals surface area contributed by atoms with Crippen molar-refractivity contribution in [3.63, 3.8) is 0 Å². The van der Waals surface area contributed by atoms with Gasteiger partial charge in [0, 0.05) is 11.0 Å². The van der Waals surface area contributed by atoms with Crippen LogP contribution in [0, 0.1) is 0 Å². The zero-order valence-corrected chi connectivity index (χ0v) is 11.9. The maximum Gasteiger partial charge on any atom is 0.0550 e. The highest BCUT2D eigenvalue weighted by atomic mass is 32.2. The van der Waals surface area contributed by atoms with E-state index in [4.69, 9.17) is 5.84 Å². The predicted molar refractivity (Wildman–Crippen MR) is 78.1 cm³/mol. The quantitative estimate of drug-likeness (QED) is 0.578. The molecule has 17 heavy (non-hydrogen) atoms. The van der Waals surface area contributed by atoms with Gasteiger partial charge in [0.25, 0.3) is 0 Å². The van der Waals surface area contributed by atoms with Crippen molar-refractivity contribution in [2.45, 2.75) is 44.9 Å². The molecule has 0 aliphatic carbocycles. The molecule has 0 heterocycles. The number of hydrogen-bond donors (Lipinski definition) is 2. The Labute approximate surface area is 109 Å². The van der Waals surface area contributed by atoms with Crippen molar-refractivity contribution in [1.29, 1.82) is 0 Å². The second-order valence-corrected chi connectivity index (χ2v) is 5.84. The molecule has 2 nitrogen and oxygen atoms in total. The van der Waals surface area contributed by atoms with Gasteiger partial charge in [0.1, 0.15) is 0 Å². The monoisotopic (exact) mass is 252 g/mol. The topological polar surface area (TPSA) is 38.0 Å². The Bertz CT molecular complexity index is 328. The maximum atomic E-state index is 5.66. The highest BCUT2D eigenvalue weighted by Crippen LogP contribution is 2.23. The summed E-state index contributed by atoms with van der Waals surface area (Å²) in [5, 5.41) is 0.695.